The molecule has 1 aliphatic heterocycles. The molecule has 1 atom stereocenters. The van der Waals surface area contributed by atoms with Crippen LogP contribution in [0.4, 0.5) is 13.2 Å². The van der Waals surface area contributed by atoms with Crippen molar-refractivity contribution in [3.8, 4) is 0 Å². The molecule has 0 spiro atoms. The van der Waals surface area contributed by atoms with E-state index in [-0.39, 0.29) is 6.04 Å². The molecule has 0 bridgehead atoms. The van der Waals surface area contributed by atoms with Crippen LogP contribution in [0.25, 0.3) is 0 Å². The highest BCUT2D eigenvalue weighted by atomic mass is 19.4. The summed E-state index contributed by atoms with van der Waals surface area (Å²) in [6.45, 7) is 5.47. The predicted molar refractivity (Wildman–Crippen MR) is 91.3 cm³/mol. The van der Waals surface area contributed by atoms with Crippen LogP contribution in [0, 0.1) is 0 Å². The molecule has 1 aromatic carbocycles. The highest BCUT2D eigenvalue weighted by Gasteiger charge is 2.31. The largest absolute Gasteiger partial charge is 0.416 e. The number of hydrogen-bond donors (Lipinski definition) is 1. The van der Waals surface area contributed by atoms with E-state index in [1.54, 1.807) is 12.1 Å². The van der Waals surface area contributed by atoms with Gasteiger partial charge < -0.3 is 5.32 Å². The number of halogens is 3. The topological polar surface area (TPSA) is 28.2 Å². The lowest BCUT2D eigenvalue weighted by Gasteiger charge is -2.35. The van der Waals surface area contributed by atoms with Gasteiger partial charge in [-0.3, -0.25) is 9.88 Å². The molecule has 0 radical (unpaired) electrons. The fourth-order valence-electron chi connectivity index (χ4n) is 3.17. The number of benzene rings is 1. The SMILES string of the molecule is CCc1ccc(C(c2ccc(C(F)(F)F)cc2)N2CCNCC2)nc1. The lowest BCUT2D eigenvalue weighted by atomic mass is 9.98. The van der Waals surface area contributed by atoms with Crippen LogP contribution in [-0.4, -0.2) is 36.1 Å². The third-order valence-electron chi connectivity index (χ3n) is 4.61. The molecule has 1 aliphatic rings. The Labute approximate surface area is 145 Å². The number of rotatable bonds is 4. The van der Waals surface area contributed by atoms with Crippen molar-refractivity contribution in [3.05, 3.63) is 65.0 Å². The molecule has 1 unspecified atom stereocenters. The Morgan fingerprint density at radius 2 is 1.76 bits per heavy atom. The van der Waals surface area contributed by atoms with Crippen LogP contribution in [0.2, 0.25) is 0 Å². The molecule has 0 saturated carbocycles. The fourth-order valence-corrected chi connectivity index (χ4v) is 3.17. The summed E-state index contributed by atoms with van der Waals surface area (Å²) in [6, 6.07) is 9.37. The van der Waals surface area contributed by atoms with Crippen LogP contribution in [0.3, 0.4) is 0 Å². The number of alkyl halides is 3. The molecule has 25 heavy (non-hydrogen) atoms. The smallest absolute Gasteiger partial charge is 0.314 e. The van der Waals surface area contributed by atoms with Gasteiger partial charge in [-0.05, 0) is 35.7 Å². The van der Waals surface area contributed by atoms with Gasteiger partial charge in [0.15, 0.2) is 0 Å². The number of hydrogen-bond acceptors (Lipinski definition) is 3. The quantitative estimate of drug-likeness (QED) is 0.913. The average Bonchev–Trinajstić information content (AvgIpc) is 2.63. The van der Waals surface area contributed by atoms with Crippen LogP contribution in [0.5, 0.6) is 0 Å². The summed E-state index contributed by atoms with van der Waals surface area (Å²) >= 11 is 0. The van der Waals surface area contributed by atoms with Gasteiger partial charge in [-0.1, -0.05) is 25.1 Å². The maximum absolute atomic E-state index is 12.9. The Bertz CT molecular complexity index is 675. The Kier molecular flexibility index (Phi) is 5.39. The minimum atomic E-state index is -4.32. The van der Waals surface area contributed by atoms with Crippen LogP contribution in [-0.2, 0) is 12.6 Å². The number of nitrogens with one attached hydrogen (secondary N) is 1. The standard InChI is InChI=1S/C19H22F3N3/c1-2-14-3-8-17(24-13-14)18(25-11-9-23-10-12-25)15-4-6-16(7-5-15)19(20,21)22/h3-8,13,18,23H,2,9-12H2,1H3. The molecule has 134 valence electrons. The summed E-state index contributed by atoms with van der Waals surface area (Å²) < 4.78 is 38.6. The van der Waals surface area contributed by atoms with Gasteiger partial charge in [-0.2, -0.15) is 13.2 Å². The van der Waals surface area contributed by atoms with Crippen LogP contribution in [0.15, 0.2) is 42.6 Å². The van der Waals surface area contributed by atoms with E-state index < -0.39 is 11.7 Å². The van der Waals surface area contributed by atoms with Crippen molar-refractivity contribution in [2.75, 3.05) is 26.2 Å². The van der Waals surface area contributed by atoms with Gasteiger partial charge in [0.2, 0.25) is 0 Å². The van der Waals surface area contributed by atoms with Gasteiger partial charge in [0.05, 0.1) is 17.3 Å². The predicted octanol–water partition coefficient (Wildman–Crippen LogP) is 3.66. The first kappa shape index (κ1) is 17.9. The first-order valence-electron chi connectivity index (χ1n) is 8.56. The molecule has 3 nitrogen and oxygen atoms in total. The average molecular weight is 349 g/mol. The monoisotopic (exact) mass is 349 g/mol. The number of piperazine rings is 1. The molecule has 1 N–H and O–H groups in total. The molecule has 2 aromatic rings. The van der Waals surface area contributed by atoms with E-state index in [1.807, 2.05) is 18.3 Å². The Hall–Kier alpha value is -1.92. The molecule has 1 fully saturated rings. The Morgan fingerprint density at radius 3 is 2.28 bits per heavy atom. The van der Waals surface area contributed by atoms with Crippen molar-refractivity contribution < 1.29 is 13.2 Å². The molecule has 1 saturated heterocycles. The Balaban J connectivity index is 1.95. The lowest BCUT2D eigenvalue weighted by molar-refractivity contribution is -0.137. The van der Waals surface area contributed by atoms with Gasteiger partial charge in [0, 0.05) is 32.4 Å². The minimum absolute atomic E-state index is 0.129. The number of nitrogens with zero attached hydrogens (tertiary/aromatic N) is 2. The molecular weight excluding hydrogens is 327 g/mol. The fraction of sp³-hybridized carbons (Fsp3) is 0.421. The van der Waals surface area contributed by atoms with Crippen molar-refractivity contribution >= 4 is 0 Å². The van der Waals surface area contributed by atoms with Crippen molar-refractivity contribution in [2.24, 2.45) is 0 Å². The molecule has 1 aromatic heterocycles. The van der Waals surface area contributed by atoms with Crippen LogP contribution in [0.1, 0.15) is 35.3 Å². The Morgan fingerprint density at radius 1 is 1.08 bits per heavy atom. The minimum Gasteiger partial charge on any atom is -0.314 e. The van der Waals surface area contributed by atoms with E-state index in [1.165, 1.54) is 0 Å². The van der Waals surface area contributed by atoms with E-state index in [0.717, 1.165) is 61.6 Å². The molecule has 6 heteroatoms. The van der Waals surface area contributed by atoms with Crippen molar-refractivity contribution in [1.82, 2.24) is 15.2 Å². The van der Waals surface area contributed by atoms with Crippen molar-refractivity contribution in [2.45, 2.75) is 25.6 Å². The van der Waals surface area contributed by atoms with Crippen LogP contribution < -0.4 is 5.32 Å². The molecule has 0 amide bonds. The zero-order valence-corrected chi connectivity index (χ0v) is 14.2. The summed E-state index contributed by atoms with van der Waals surface area (Å²) in [5.41, 5.74) is 2.24. The van der Waals surface area contributed by atoms with Gasteiger partial charge >= 0.3 is 6.18 Å². The van der Waals surface area contributed by atoms with E-state index >= 15 is 0 Å². The van der Waals surface area contributed by atoms with Gasteiger partial charge in [0.25, 0.3) is 0 Å². The van der Waals surface area contributed by atoms with Crippen molar-refractivity contribution in [1.29, 1.82) is 0 Å². The van der Waals surface area contributed by atoms with Gasteiger partial charge in [-0.15, -0.1) is 0 Å². The number of pyridine rings is 1. The maximum Gasteiger partial charge on any atom is 0.416 e. The van der Waals surface area contributed by atoms with E-state index in [2.05, 4.69) is 22.1 Å². The third kappa shape index (κ3) is 4.19. The van der Waals surface area contributed by atoms with E-state index in [0.29, 0.717) is 0 Å². The lowest BCUT2D eigenvalue weighted by Crippen LogP contribution is -2.45. The summed E-state index contributed by atoms with van der Waals surface area (Å²) in [4.78, 5) is 6.86. The zero-order valence-electron chi connectivity index (χ0n) is 14.2. The molecular formula is C19H22F3N3. The number of aromatic nitrogens is 1. The third-order valence-corrected chi connectivity index (χ3v) is 4.61. The highest BCUT2D eigenvalue weighted by molar-refractivity contribution is 5.32. The van der Waals surface area contributed by atoms with E-state index in [4.69, 9.17) is 0 Å². The van der Waals surface area contributed by atoms with E-state index in [9.17, 15) is 13.2 Å². The highest BCUT2D eigenvalue weighted by Crippen LogP contribution is 2.32. The second kappa shape index (κ2) is 7.54. The normalized spacial score (nSPS) is 17.4. The number of aryl methyl sites for hydroxylation is 1. The molecule has 0 aliphatic carbocycles. The zero-order chi connectivity index (χ0) is 17.9. The van der Waals surface area contributed by atoms with Gasteiger partial charge in [0.1, 0.15) is 0 Å². The first-order valence-corrected chi connectivity index (χ1v) is 8.56. The van der Waals surface area contributed by atoms with Gasteiger partial charge in [-0.25, -0.2) is 0 Å². The molecule has 3 rings (SSSR count). The maximum atomic E-state index is 12.9. The summed E-state index contributed by atoms with van der Waals surface area (Å²) in [6.07, 6.45) is -1.55. The summed E-state index contributed by atoms with van der Waals surface area (Å²) in [7, 11) is 0. The first-order chi connectivity index (χ1) is 12.0. The summed E-state index contributed by atoms with van der Waals surface area (Å²) in [5.74, 6) is 0. The second-order valence-electron chi connectivity index (χ2n) is 6.25. The second-order valence-corrected chi connectivity index (χ2v) is 6.25. The summed E-state index contributed by atoms with van der Waals surface area (Å²) in [5, 5.41) is 3.31. The molecule has 2 heterocycles. The van der Waals surface area contributed by atoms with Crippen LogP contribution >= 0.6 is 0 Å². The van der Waals surface area contributed by atoms with Crippen molar-refractivity contribution in [3.63, 3.8) is 0 Å².